The first-order chi connectivity index (χ1) is 17.9. The lowest BCUT2D eigenvalue weighted by molar-refractivity contribution is -0.692. The van der Waals surface area contributed by atoms with Crippen LogP contribution in [0.25, 0.3) is 0 Å². The van der Waals surface area contributed by atoms with Gasteiger partial charge >= 0.3 is 5.97 Å². The topological polar surface area (TPSA) is 151 Å². The summed E-state index contributed by atoms with van der Waals surface area (Å²) in [5, 5.41) is 17.4. The zero-order valence-corrected chi connectivity index (χ0v) is 22.0. The van der Waals surface area contributed by atoms with Crippen LogP contribution >= 0.6 is 34.4 Å². The maximum Gasteiger partial charge on any atom is 0.352 e. The van der Waals surface area contributed by atoms with E-state index in [-0.39, 0.29) is 28.8 Å². The van der Waals surface area contributed by atoms with Crippen LogP contribution in [-0.2, 0) is 38.6 Å². The van der Waals surface area contributed by atoms with Gasteiger partial charge in [0.1, 0.15) is 36.1 Å². The summed E-state index contributed by atoms with van der Waals surface area (Å²) < 4.78 is 14.6. The highest BCUT2D eigenvalue weighted by molar-refractivity contribution is 8.00. The summed E-state index contributed by atoms with van der Waals surface area (Å²) in [6.45, 7) is -0.751. The maximum atomic E-state index is 13.1. The lowest BCUT2D eigenvalue weighted by atomic mass is 10.0. The Labute approximate surface area is 223 Å². The van der Waals surface area contributed by atoms with E-state index in [4.69, 9.17) is 10.6 Å². The smallest absolute Gasteiger partial charge is 0.352 e. The van der Waals surface area contributed by atoms with Crippen LogP contribution in [0.4, 0.5) is 9.52 Å². The van der Waals surface area contributed by atoms with Gasteiger partial charge in [0, 0.05) is 23.1 Å². The molecule has 1 aliphatic carbocycles. The Bertz CT molecular complexity index is 1310. The number of nitrogens with one attached hydrogen (secondary N) is 1. The molecular weight excluding hydrogens is 543 g/mol. The molecule has 4 heterocycles. The second-order valence-corrected chi connectivity index (χ2v) is 11.5. The van der Waals surface area contributed by atoms with Crippen molar-refractivity contribution in [3.05, 3.63) is 38.4 Å². The van der Waals surface area contributed by atoms with Crippen molar-refractivity contribution in [3.8, 4) is 0 Å². The standard InChI is InChI=1S/C22H23FN6O5S3/c23-5-6-34-27-15(12-9-36-22(24)25-12)18(30)26-16-19(31)29-17(21(32)33)11(8-35-20(16)29)7-28-10-37-14-4-2-1-3-13(14)28/h9-10,16,20H,1-8H2,(H3-,24,25,26,30,32,33)/p+1/t16-,20+/m1/s1. The number of carboxylic acid groups (broad SMARTS) is 1. The van der Waals surface area contributed by atoms with E-state index in [0.29, 0.717) is 17.9 Å². The molecule has 2 amide bonds. The largest absolute Gasteiger partial charge is 0.477 e. The van der Waals surface area contributed by atoms with Crippen molar-refractivity contribution in [3.63, 3.8) is 0 Å². The van der Waals surface area contributed by atoms with Gasteiger partial charge in [0.25, 0.3) is 11.8 Å². The Hall–Kier alpha value is -3.04. The Kier molecular flexibility index (Phi) is 7.44. The van der Waals surface area contributed by atoms with E-state index in [1.807, 2.05) is 5.51 Å². The molecular formula is C22H24FN6O5S3+. The van der Waals surface area contributed by atoms with E-state index in [1.165, 1.54) is 32.6 Å². The number of aliphatic carboxylic acids is 1. The van der Waals surface area contributed by atoms with E-state index in [9.17, 15) is 23.9 Å². The molecule has 2 atom stereocenters. The third kappa shape index (κ3) is 4.94. The van der Waals surface area contributed by atoms with Crippen LogP contribution < -0.4 is 15.6 Å². The minimum absolute atomic E-state index is 0.0325. The van der Waals surface area contributed by atoms with Gasteiger partial charge < -0.3 is 21.0 Å². The monoisotopic (exact) mass is 567 g/mol. The van der Waals surface area contributed by atoms with Gasteiger partial charge in [-0.25, -0.2) is 14.2 Å². The molecule has 0 radical (unpaired) electrons. The van der Waals surface area contributed by atoms with Gasteiger partial charge in [0.2, 0.25) is 5.51 Å². The molecule has 2 aromatic heterocycles. The van der Waals surface area contributed by atoms with Crippen LogP contribution in [0.1, 0.15) is 29.1 Å². The molecule has 0 unspecified atom stereocenters. The summed E-state index contributed by atoms with van der Waals surface area (Å²) in [5.74, 6) is -2.05. The van der Waals surface area contributed by atoms with Crippen LogP contribution in [0.3, 0.4) is 0 Å². The van der Waals surface area contributed by atoms with Crippen molar-refractivity contribution in [2.24, 2.45) is 5.16 Å². The van der Waals surface area contributed by atoms with E-state index in [2.05, 4.69) is 20.0 Å². The van der Waals surface area contributed by atoms with Gasteiger partial charge in [-0.1, -0.05) is 16.5 Å². The van der Waals surface area contributed by atoms with Gasteiger partial charge in [0.05, 0.1) is 4.88 Å². The number of thiazole rings is 2. The van der Waals surface area contributed by atoms with E-state index in [0.717, 1.165) is 37.0 Å². The minimum atomic E-state index is -1.18. The number of hydrogen-bond acceptors (Lipinski definition) is 10. The van der Waals surface area contributed by atoms with Gasteiger partial charge in [-0.15, -0.1) is 23.1 Å². The third-order valence-electron chi connectivity index (χ3n) is 6.26. The summed E-state index contributed by atoms with van der Waals surface area (Å²) in [5.41, 5.74) is 9.42. The maximum absolute atomic E-state index is 13.1. The molecule has 11 nitrogen and oxygen atoms in total. The highest BCUT2D eigenvalue weighted by Crippen LogP contribution is 2.40. The fourth-order valence-electron chi connectivity index (χ4n) is 4.58. The zero-order valence-electron chi connectivity index (χ0n) is 19.5. The average Bonchev–Trinajstić information content (AvgIpc) is 3.50. The fraction of sp³-hybridized carbons (Fsp3) is 0.455. The third-order valence-corrected chi connectivity index (χ3v) is 9.36. The number of aryl methyl sites for hydroxylation is 1. The number of fused-ring (bicyclic) bond motifs is 2. The average molecular weight is 568 g/mol. The molecule has 37 heavy (non-hydrogen) atoms. The molecule has 2 aromatic rings. The first kappa shape index (κ1) is 25.6. The molecule has 0 bridgehead atoms. The normalized spacial score (nSPS) is 21.3. The van der Waals surface area contributed by atoms with Gasteiger partial charge in [-0.2, -0.15) is 4.57 Å². The van der Waals surface area contributed by atoms with Crippen LogP contribution in [-0.4, -0.2) is 68.9 Å². The number of oxime groups is 1. The Balaban J connectivity index is 1.34. The van der Waals surface area contributed by atoms with Crippen molar-refractivity contribution < 1.29 is 33.3 Å². The Morgan fingerprint density at radius 1 is 1.35 bits per heavy atom. The molecule has 0 spiro atoms. The van der Waals surface area contributed by atoms with Crippen molar-refractivity contribution >= 4 is 63.1 Å². The number of nitrogens with zero attached hydrogens (tertiary/aromatic N) is 4. The lowest BCUT2D eigenvalue weighted by Crippen LogP contribution is -2.71. The number of β-lactam (4-membered cyclic amide) rings is 1. The molecule has 15 heteroatoms. The van der Waals surface area contributed by atoms with Crippen molar-refractivity contribution in [1.29, 1.82) is 0 Å². The molecule has 2 aliphatic heterocycles. The molecule has 0 aromatic carbocycles. The number of alkyl halides is 1. The SMILES string of the molecule is Nc1nc(C(=NOCCF)C(=O)N[C@@H]2C(=O)N3C(C(=O)O)=C(C[n+]4csc5c4CCCC5)CS[C@@H]23)cs1. The predicted molar refractivity (Wildman–Crippen MR) is 136 cm³/mol. The minimum Gasteiger partial charge on any atom is -0.477 e. The highest BCUT2D eigenvalue weighted by Gasteiger charge is 2.55. The highest BCUT2D eigenvalue weighted by atomic mass is 32.2. The van der Waals surface area contributed by atoms with Crippen molar-refractivity contribution in [2.45, 2.75) is 43.6 Å². The number of nitrogen functional groups attached to an aromatic ring is 1. The van der Waals surface area contributed by atoms with Gasteiger partial charge in [-0.3, -0.25) is 14.5 Å². The molecule has 1 saturated heterocycles. The number of amides is 2. The quantitative estimate of drug-likeness (QED) is 0.134. The zero-order chi connectivity index (χ0) is 26.1. The molecule has 1 fully saturated rings. The summed E-state index contributed by atoms with van der Waals surface area (Å²) in [6.07, 6.45) is 4.27. The summed E-state index contributed by atoms with van der Waals surface area (Å²) in [6, 6.07) is -0.961. The Morgan fingerprint density at radius 3 is 2.89 bits per heavy atom. The number of carboxylic acids is 1. The number of hydrogen-bond donors (Lipinski definition) is 3. The number of halogens is 1. The first-order valence-corrected chi connectivity index (χ1v) is 14.4. The number of anilines is 1. The number of aromatic nitrogens is 2. The number of rotatable bonds is 9. The summed E-state index contributed by atoms with van der Waals surface area (Å²) >= 11 is 4.16. The van der Waals surface area contributed by atoms with Crippen LogP contribution in [0.2, 0.25) is 0 Å². The molecule has 196 valence electrons. The van der Waals surface area contributed by atoms with Crippen LogP contribution in [0.5, 0.6) is 0 Å². The van der Waals surface area contributed by atoms with Crippen molar-refractivity contribution in [2.75, 3.05) is 24.8 Å². The predicted octanol–water partition coefficient (Wildman–Crippen LogP) is 1.08. The summed E-state index contributed by atoms with van der Waals surface area (Å²) in [7, 11) is 0. The van der Waals surface area contributed by atoms with Crippen molar-refractivity contribution in [1.82, 2.24) is 15.2 Å². The summed E-state index contributed by atoms with van der Waals surface area (Å²) in [4.78, 5) is 49.8. The van der Waals surface area contributed by atoms with E-state index in [1.54, 1.807) is 11.3 Å². The van der Waals surface area contributed by atoms with Gasteiger partial charge in [-0.05, 0) is 19.3 Å². The molecule has 5 rings (SSSR count). The molecule has 4 N–H and O–H groups in total. The number of carbonyl (C=O) groups is 3. The molecule has 0 saturated carbocycles. The lowest BCUT2D eigenvalue weighted by Gasteiger charge is -2.49. The molecule has 3 aliphatic rings. The van der Waals surface area contributed by atoms with E-state index >= 15 is 0 Å². The first-order valence-electron chi connectivity index (χ1n) is 11.6. The number of carbonyl (C=O) groups excluding carboxylic acids is 2. The number of nitrogens with two attached hydrogens (primary N) is 1. The van der Waals surface area contributed by atoms with Crippen LogP contribution in [0.15, 0.2) is 27.3 Å². The fourth-order valence-corrected chi connectivity index (χ4v) is 7.54. The van der Waals surface area contributed by atoms with E-state index < -0.39 is 35.9 Å². The Morgan fingerprint density at radius 2 is 2.16 bits per heavy atom. The number of thioether (sulfide) groups is 1. The second kappa shape index (κ2) is 10.8. The van der Waals surface area contributed by atoms with Crippen LogP contribution in [0, 0.1) is 0 Å². The second-order valence-electron chi connectivity index (χ2n) is 8.58. The van der Waals surface area contributed by atoms with Gasteiger partial charge in [0.15, 0.2) is 23.1 Å².